The molecule has 7 heteroatoms. The number of sulfonamides is 1. The summed E-state index contributed by atoms with van der Waals surface area (Å²) in [4.78, 5) is 0. The van der Waals surface area contributed by atoms with Crippen LogP contribution < -0.4 is 5.14 Å². The van der Waals surface area contributed by atoms with Crippen molar-refractivity contribution < 1.29 is 8.42 Å². The second-order valence-corrected chi connectivity index (χ2v) is 6.44. The minimum atomic E-state index is -3.84. The Morgan fingerprint density at radius 3 is 2.32 bits per heavy atom. The summed E-state index contributed by atoms with van der Waals surface area (Å²) in [7, 11) is -3.84. The average molecular weight is 300 g/mol. The number of hydrogen-bond acceptors (Lipinski definition) is 3. The Balaban J connectivity index is 2.64. The van der Waals surface area contributed by atoms with Gasteiger partial charge in [-0.1, -0.05) is 25.4 Å². The minimum absolute atomic E-state index is 0.0291. The lowest BCUT2D eigenvalue weighted by Crippen LogP contribution is -2.17. The number of hydrogen-bond donors (Lipinski definition) is 1. The third-order valence-corrected chi connectivity index (χ3v) is 3.78. The van der Waals surface area contributed by atoms with E-state index >= 15 is 0 Å². The van der Waals surface area contributed by atoms with E-state index in [-0.39, 0.29) is 10.9 Å². The molecule has 0 amide bonds. The number of nitrogens with two attached hydrogens (primary N) is 1. The average Bonchev–Trinajstić information content (AvgIpc) is 2.74. The summed E-state index contributed by atoms with van der Waals surface area (Å²) < 4.78 is 24.6. The van der Waals surface area contributed by atoms with E-state index in [0.717, 1.165) is 0 Å². The molecule has 0 saturated heterocycles. The van der Waals surface area contributed by atoms with E-state index in [2.05, 4.69) is 5.10 Å². The molecule has 0 aliphatic carbocycles. The molecule has 0 aliphatic heterocycles. The summed E-state index contributed by atoms with van der Waals surface area (Å²) in [5, 5.41) is 10.1. The van der Waals surface area contributed by atoms with Gasteiger partial charge >= 0.3 is 0 Å². The van der Waals surface area contributed by atoms with Crippen LogP contribution in [0.2, 0.25) is 5.02 Å². The van der Waals surface area contributed by atoms with Crippen LogP contribution in [0.15, 0.2) is 35.4 Å². The number of primary sulfonamides is 1. The van der Waals surface area contributed by atoms with Gasteiger partial charge in [0.1, 0.15) is 0 Å². The van der Waals surface area contributed by atoms with Crippen molar-refractivity contribution in [1.29, 1.82) is 0 Å². The monoisotopic (exact) mass is 299 g/mol. The zero-order valence-electron chi connectivity index (χ0n) is 10.5. The van der Waals surface area contributed by atoms with Gasteiger partial charge in [-0.25, -0.2) is 18.2 Å². The van der Waals surface area contributed by atoms with Crippen LogP contribution in [-0.4, -0.2) is 18.2 Å². The normalized spacial score (nSPS) is 12.1. The minimum Gasteiger partial charge on any atom is -0.223 e. The highest BCUT2D eigenvalue weighted by molar-refractivity contribution is 7.89. The van der Waals surface area contributed by atoms with Crippen molar-refractivity contribution in [3.8, 4) is 5.69 Å². The van der Waals surface area contributed by atoms with Crippen molar-refractivity contribution in [3.63, 3.8) is 0 Å². The summed E-state index contributed by atoms with van der Waals surface area (Å²) in [5.74, 6) is 0.106. The van der Waals surface area contributed by atoms with Crippen molar-refractivity contribution in [2.45, 2.75) is 24.8 Å². The first-order chi connectivity index (χ1) is 8.79. The lowest BCUT2D eigenvalue weighted by Gasteiger charge is -2.05. The second kappa shape index (κ2) is 4.96. The maximum absolute atomic E-state index is 11.6. The molecule has 1 heterocycles. The van der Waals surface area contributed by atoms with Crippen molar-refractivity contribution in [2.24, 2.45) is 5.14 Å². The molecule has 0 unspecified atom stereocenters. The second-order valence-electron chi connectivity index (χ2n) is 4.50. The van der Waals surface area contributed by atoms with Gasteiger partial charge in [-0.3, -0.25) is 0 Å². The number of aromatic nitrogens is 2. The highest BCUT2D eigenvalue weighted by Crippen LogP contribution is 2.22. The molecule has 0 bridgehead atoms. The van der Waals surface area contributed by atoms with Gasteiger partial charge in [-0.2, -0.15) is 5.10 Å². The molecule has 1 aromatic heterocycles. The third kappa shape index (κ3) is 2.97. The van der Waals surface area contributed by atoms with Crippen LogP contribution in [0.4, 0.5) is 0 Å². The lowest BCUT2D eigenvalue weighted by atomic mass is 10.1. The van der Waals surface area contributed by atoms with Crippen LogP contribution in [0, 0.1) is 0 Å². The summed E-state index contributed by atoms with van der Waals surface area (Å²) in [6, 6.07) is 8.21. The highest BCUT2D eigenvalue weighted by Gasteiger charge is 2.20. The first-order valence-corrected chi connectivity index (χ1v) is 7.60. The maximum Gasteiger partial charge on any atom is 0.255 e. The van der Waals surface area contributed by atoms with Crippen LogP contribution >= 0.6 is 11.6 Å². The van der Waals surface area contributed by atoms with Gasteiger partial charge in [0.05, 0.1) is 11.4 Å². The van der Waals surface area contributed by atoms with Gasteiger partial charge in [0.15, 0.2) is 5.03 Å². The van der Waals surface area contributed by atoms with Crippen molar-refractivity contribution in [3.05, 3.63) is 41.0 Å². The van der Waals surface area contributed by atoms with E-state index in [1.165, 1.54) is 10.7 Å². The number of nitrogens with zero attached hydrogens (tertiary/aromatic N) is 2. The van der Waals surface area contributed by atoms with Crippen molar-refractivity contribution in [1.82, 2.24) is 9.78 Å². The smallest absolute Gasteiger partial charge is 0.223 e. The Morgan fingerprint density at radius 1 is 1.26 bits per heavy atom. The van der Waals surface area contributed by atoms with Crippen molar-refractivity contribution in [2.75, 3.05) is 0 Å². The molecule has 2 N–H and O–H groups in total. The van der Waals surface area contributed by atoms with Crippen LogP contribution in [0.5, 0.6) is 0 Å². The molecule has 5 nitrogen and oxygen atoms in total. The Kier molecular flexibility index (Phi) is 3.66. The van der Waals surface area contributed by atoms with E-state index in [4.69, 9.17) is 16.7 Å². The molecule has 19 heavy (non-hydrogen) atoms. The van der Waals surface area contributed by atoms with Crippen LogP contribution in [0.3, 0.4) is 0 Å². The predicted octanol–water partition coefficient (Wildman–Crippen LogP) is 2.30. The highest BCUT2D eigenvalue weighted by atomic mass is 35.5. The van der Waals surface area contributed by atoms with Crippen LogP contribution in [0.1, 0.15) is 25.5 Å². The summed E-state index contributed by atoms with van der Waals surface area (Å²) in [5.41, 5.74) is 1.26. The first-order valence-electron chi connectivity index (χ1n) is 5.68. The molecule has 0 aliphatic rings. The molecule has 2 rings (SSSR count). The summed E-state index contributed by atoms with van der Waals surface area (Å²) in [6.45, 7) is 3.86. The molecule has 0 spiro atoms. The maximum atomic E-state index is 11.6. The van der Waals surface area contributed by atoms with Crippen LogP contribution in [0.25, 0.3) is 5.69 Å². The molecule has 0 radical (unpaired) electrons. The lowest BCUT2D eigenvalue weighted by molar-refractivity contribution is 0.587. The Labute approximate surface area is 117 Å². The first kappa shape index (κ1) is 14.0. The largest absolute Gasteiger partial charge is 0.255 e. The quantitative estimate of drug-likeness (QED) is 0.944. The Hall–Kier alpha value is -1.37. The molecule has 0 saturated carbocycles. The Morgan fingerprint density at radius 2 is 1.84 bits per heavy atom. The number of rotatable bonds is 3. The van der Waals surface area contributed by atoms with E-state index in [1.54, 1.807) is 24.3 Å². The fourth-order valence-electron chi connectivity index (χ4n) is 1.63. The number of halogens is 1. The molecular weight excluding hydrogens is 286 g/mol. The molecule has 2 aromatic rings. The topological polar surface area (TPSA) is 78.0 Å². The fourth-order valence-corrected chi connectivity index (χ4v) is 2.43. The fraction of sp³-hybridized carbons (Fsp3) is 0.250. The molecule has 0 fully saturated rings. The number of benzene rings is 1. The van der Waals surface area contributed by atoms with E-state index < -0.39 is 10.0 Å². The Bertz CT molecular complexity index is 690. The van der Waals surface area contributed by atoms with Gasteiger partial charge < -0.3 is 0 Å². The van der Waals surface area contributed by atoms with E-state index in [0.29, 0.717) is 16.4 Å². The van der Waals surface area contributed by atoms with Gasteiger partial charge in [-0.15, -0.1) is 0 Å². The van der Waals surface area contributed by atoms with Crippen molar-refractivity contribution >= 4 is 21.6 Å². The molecule has 102 valence electrons. The summed E-state index contributed by atoms with van der Waals surface area (Å²) in [6.07, 6.45) is 0. The van der Waals surface area contributed by atoms with Gasteiger partial charge in [0.2, 0.25) is 0 Å². The zero-order chi connectivity index (χ0) is 14.2. The van der Waals surface area contributed by atoms with Gasteiger partial charge in [0.25, 0.3) is 10.0 Å². The third-order valence-electron chi connectivity index (χ3n) is 2.65. The predicted molar refractivity (Wildman–Crippen MR) is 74.0 cm³/mol. The SMILES string of the molecule is CC(C)c1cc(S(N)(=O)=O)n(-c2ccc(Cl)cc2)n1. The molecule has 1 aromatic carbocycles. The van der Waals surface area contributed by atoms with E-state index in [9.17, 15) is 8.42 Å². The molecule has 0 atom stereocenters. The standard InChI is InChI=1S/C12H14ClN3O2S/c1-8(2)11-7-12(19(14,17)18)16(15-11)10-5-3-9(13)4-6-10/h3-8H,1-2H3,(H2,14,17,18). The van der Waals surface area contributed by atoms with E-state index in [1.807, 2.05) is 13.8 Å². The van der Waals surface area contributed by atoms with Crippen LogP contribution in [-0.2, 0) is 10.0 Å². The summed E-state index contributed by atoms with van der Waals surface area (Å²) >= 11 is 5.81. The zero-order valence-corrected chi connectivity index (χ0v) is 12.1. The van der Waals surface area contributed by atoms with Gasteiger partial charge in [0, 0.05) is 11.1 Å². The molecular formula is C12H14ClN3O2S. The van der Waals surface area contributed by atoms with Gasteiger partial charge in [-0.05, 0) is 30.2 Å².